The number of rotatable bonds is 3. The maximum Gasteiger partial charge on any atom is 0.329 e. The standard InChI is InChI=1S/C12H16N2O3/c1-9-8-13-5-2-10(9)14-12(11(15)16)3-6-17-7-4-12/h2,5,8H,3-4,6-7H2,1H3,(H,13,14)(H,15,16). The van der Waals surface area contributed by atoms with E-state index in [1.165, 1.54) is 0 Å². The van der Waals surface area contributed by atoms with Crippen LogP contribution in [0.3, 0.4) is 0 Å². The quantitative estimate of drug-likeness (QED) is 0.830. The topological polar surface area (TPSA) is 71.5 Å². The lowest BCUT2D eigenvalue weighted by Gasteiger charge is -2.35. The van der Waals surface area contributed by atoms with Gasteiger partial charge in [-0.1, -0.05) is 0 Å². The van der Waals surface area contributed by atoms with Crippen LogP contribution in [0.25, 0.3) is 0 Å². The van der Waals surface area contributed by atoms with Crippen LogP contribution in [0.15, 0.2) is 18.5 Å². The number of carboxylic acid groups (broad SMARTS) is 1. The second-order valence-electron chi connectivity index (χ2n) is 4.32. The third-order valence-corrected chi connectivity index (χ3v) is 3.15. The summed E-state index contributed by atoms with van der Waals surface area (Å²) in [7, 11) is 0. The fourth-order valence-electron chi connectivity index (χ4n) is 1.98. The Morgan fingerprint density at radius 2 is 2.24 bits per heavy atom. The predicted molar refractivity (Wildman–Crippen MR) is 63.0 cm³/mol. The fourth-order valence-corrected chi connectivity index (χ4v) is 1.98. The molecule has 0 amide bonds. The molecule has 1 aromatic rings. The lowest BCUT2D eigenvalue weighted by Crippen LogP contribution is -2.50. The van der Waals surface area contributed by atoms with Gasteiger partial charge >= 0.3 is 5.97 Å². The average molecular weight is 236 g/mol. The minimum Gasteiger partial charge on any atom is -0.480 e. The zero-order chi connectivity index (χ0) is 12.3. The van der Waals surface area contributed by atoms with Gasteiger partial charge in [0.15, 0.2) is 0 Å². The average Bonchev–Trinajstić information content (AvgIpc) is 2.33. The van der Waals surface area contributed by atoms with Crippen molar-refractivity contribution < 1.29 is 14.6 Å². The molecule has 0 atom stereocenters. The van der Waals surface area contributed by atoms with Crippen molar-refractivity contribution in [1.82, 2.24) is 4.98 Å². The summed E-state index contributed by atoms with van der Waals surface area (Å²) in [6.45, 7) is 2.86. The lowest BCUT2D eigenvalue weighted by molar-refractivity contribution is -0.145. The van der Waals surface area contributed by atoms with Crippen molar-refractivity contribution in [2.75, 3.05) is 18.5 Å². The van der Waals surface area contributed by atoms with Crippen LogP contribution in [-0.2, 0) is 9.53 Å². The second-order valence-corrected chi connectivity index (χ2v) is 4.32. The molecule has 0 saturated carbocycles. The van der Waals surface area contributed by atoms with Crippen LogP contribution in [0.5, 0.6) is 0 Å². The first-order chi connectivity index (χ1) is 8.14. The number of anilines is 1. The highest BCUT2D eigenvalue weighted by atomic mass is 16.5. The van der Waals surface area contributed by atoms with E-state index in [0.29, 0.717) is 26.1 Å². The van der Waals surface area contributed by atoms with Crippen LogP contribution in [0, 0.1) is 6.92 Å². The molecule has 0 aromatic carbocycles. The van der Waals surface area contributed by atoms with Gasteiger partial charge in [-0.15, -0.1) is 0 Å². The number of carboxylic acids is 1. The molecular formula is C12H16N2O3. The van der Waals surface area contributed by atoms with Gasteiger partial charge in [0, 0.05) is 44.1 Å². The number of hydrogen-bond acceptors (Lipinski definition) is 4. The molecule has 0 aliphatic carbocycles. The van der Waals surface area contributed by atoms with Gasteiger partial charge < -0.3 is 15.2 Å². The molecule has 1 aromatic heterocycles. The SMILES string of the molecule is Cc1cnccc1NC1(C(=O)O)CCOCC1. The number of hydrogen-bond donors (Lipinski definition) is 2. The first-order valence-electron chi connectivity index (χ1n) is 5.64. The van der Waals surface area contributed by atoms with Gasteiger partial charge in [-0.25, -0.2) is 4.79 Å². The van der Waals surface area contributed by atoms with Gasteiger partial charge in [0.1, 0.15) is 5.54 Å². The molecule has 2 rings (SSSR count). The van der Waals surface area contributed by atoms with E-state index in [-0.39, 0.29) is 0 Å². The van der Waals surface area contributed by atoms with Gasteiger partial charge in [-0.2, -0.15) is 0 Å². The molecule has 0 unspecified atom stereocenters. The first kappa shape index (κ1) is 11.9. The van der Waals surface area contributed by atoms with E-state index in [2.05, 4.69) is 10.3 Å². The maximum atomic E-state index is 11.5. The summed E-state index contributed by atoms with van der Waals surface area (Å²) in [5.74, 6) is -0.822. The molecule has 1 fully saturated rings. The lowest BCUT2D eigenvalue weighted by atomic mass is 9.89. The van der Waals surface area contributed by atoms with Crippen LogP contribution >= 0.6 is 0 Å². The van der Waals surface area contributed by atoms with Crippen molar-refractivity contribution in [2.24, 2.45) is 0 Å². The molecule has 1 aliphatic heterocycles. The van der Waals surface area contributed by atoms with Gasteiger partial charge in [-0.05, 0) is 18.6 Å². The number of carbonyl (C=O) groups is 1. The molecular weight excluding hydrogens is 220 g/mol. The summed E-state index contributed by atoms with van der Waals surface area (Å²) in [6.07, 6.45) is 4.33. The van der Waals surface area contributed by atoms with Crippen molar-refractivity contribution >= 4 is 11.7 Å². The summed E-state index contributed by atoms with van der Waals surface area (Å²) in [4.78, 5) is 15.5. The second kappa shape index (κ2) is 4.71. The Bertz CT molecular complexity index is 414. The number of aromatic nitrogens is 1. The van der Waals surface area contributed by atoms with E-state index >= 15 is 0 Å². The predicted octanol–water partition coefficient (Wildman–Crippen LogP) is 1.44. The Morgan fingerprint density at radius 3 is 2.82 bits per heavy atom. The van der Waals surface area contributed by atoms with Crippen LogP contribution in [0.1, 0.15) is 18.4 Å². The zero-order valence-corrected chi connectivity index (χ0v) is 9.77. The van der Waals surface area contributed by atoms with Crippen LogP contribution in [0.4, 0.5) is 5.69 Å². The van der Waals surface area contributed by atoms with Crippen LogP contribution in [0.2, 0.25) is 0 Å². The van der Waals surface area contributed by atoms with E-state index < -0.39 is 11.5 Å². The third kappa shape index (κ3) is 2.39. The highest BCUT2D eigenvalue weighted by molar-refractivity contribution is 5.83. The Balaban J connectivity index is 2.24. The van der Waals surface area contributed by atoms with Crippen molar-refractivity contribution in [3.05, 3.63) is 24.0 Å². The normalized spacial score (nSPS) is 18.6. The Labute approximate surface area is 99.8 Å². The summed E-state index contributed by atoms with van der Waals surface area (Å²) in [5.41, 5.74) is 0.855. The highest BCUT2D eigenvalue weighted by Gasteiger charge is 2.40. The Hall–Kier alpha value is -1.62. The monoisotopic (exact) mass is 236 g/mol. The Morgan fingerprint density at radius 1 is 1.53 bits per heavy atom. The van der Waals surface area contributed by atoms with Crippen LogP contribution < -0.4 is 5.32 Å². The smallest absolute Gasteiger partial charge is 0.329 e. The molecule has 17 heavy (non-hydrogen) atoms. The van der Waals surface area contributed by atoms with E-state index in [1.54, 1.807) is 18.5 Å². The number of ether oxygens (including phenoxy) is 1. The largest absolute Gasteiger partial charge is 0.480 e. The van der Waals surface area contributed by atoms with Crippen LogP contribution in [-0.4, -0.2) is 34.8 Å². The molecule has 1 aliphatic rings. The van der Waals surface area contributed by atoms with Gasteiger partial charge in [-0.3, -0.25) is 4.98 Å². The molecule has 5 heteroatoms. The van der Waals surface area contributed by atoms with Crippen molar-refractivity contribution in [2.45, 2.75) is 25.3 Å². The van der Waals surface area contributed by atoms with E-state index in [0.717, 1.165) is 11.3 Å². The fraction of sp³-hybridized carbons (Fsp3) is 0.500. The van der Waals surface area contributed by atoms with Crippen molar-refractivity contribution in [3.8, 4) is 0 Å². The van der Waals surface area contributed by atoms with Gasteiger partial charge in [0.25, 0.3) is 0 Å². The summed E-state index contributed by atoms with van der Waals surface area (Å²) in [6, 6.07) is 1.80. The van der Waals surface area contributed by atoms with E-state index in [1.807, 2.05) is 6.92 Å². The van der Waals surface area contributed by atoms with Crippen molar-refractivity contribution in [1.29, 1.82) is 0 Å². The highest BCUT2D eigenvalue weighted by Crippen LogP contribution is 2.27. The molecule has 0 radical (unpaired) electrons. The number of aryl methyl sites for hydroxylation is 1. The molecule has 92 valence electrons. The summed E-state index contributed by atoms with van der Waals surface area (Å²) >= 11 is 0. The number of nitrogens with one attached hydrogen (secondary N) is 1. The molecule has 2 heterocycles. The first-order valence-corrected chi connectivity index (χ1v) is 5.64. The minimum atomic E-state index is -0.912. The molecule has 2 N–H and O–H groups in total. The zero-order valence-electron chi connectivity index (χ0n) is 9.77. The van der Waals surface area contributed by atoms with Gasteiger partial charge in [0.05, 0.1) is 0 Å². The Kier molecular flexibility index (Phi) is 3.28. The molecule has 0 bridgehead atoms. The maximum absolute atomic E-state index is 11.5. The summed E-state index contributed by atoms with van der Waals surface area (Å²) in [5, 5.41) is 12.5. The minimum absolute atomic E-state index is 0.476. The molecule has 5 nitrogen and oxygen atoms in total. The summed E-state index contributed by atoms with van der Waals surface area (Å²) < 4.78 is 5.23. The molecule has 0 spiro atoms. The van der Waals surface area contributed by atoms with E-state index in [4.69, 9.17) is 4.74 Å². The van der Waals surface area contributed by atoms with Crippen molar-refractivity contribution in [3.63, 3.8) is 0 Å². The van der Waals surface area contributed by atoms with Gasteiger partial charge in [0.2, 0.25) is 0 Å². The number of aliphatic carboxylic acids is 1. The number of nitrogens with zero attached hydrogens (tertiary/aromatic N) is 1. The third-order valence-electron chi connectivity index (χ3n) is 3.15. The molecule has 1 saturated heterocycles. The number of pyridine rings is 1. The van der Waals surface area contributed by atoms with E-state index in [9.17, 15) is 9.90 Å².